The fourth-order valence-corrected chi connectivity index (χ4v) is 5.40. The lowest BCUT2D eigenvalue weighted by atomic mass is 9.93. The number of nitrogens with zero attached hydrogens (tertiary/aromatic N) is 4. The van der Waals surface area contributed by atoms with E-state index in [1.54, 1.807) is 28.4 Å². The van der Waals surface area contributed by atoms with E-state index in [1.807, 2.05) is 13.1 Å². The third-order valence-corrected chi connectivity index (χ3v) is 7.08. The van der Waals surface area contributed by atoms with Crippen LogP contribution in [0, 0.1) is 13.8 Å². The zero-order valence-electron chi connectivity index (χ0n) is 17.8. The normalized spacial score (nSPS) is 15.9. The van der Waals surface area contributed by atoms with Gasteiger partial charge in [-0.15, -0.1) is 11.3 Å². The summed E-state index contributed by atoms with van der Waals surface area (Å²) in [6.07, 6.45) is 8.15. The van der Waals surface area contributed by atoms with Gasteiger partial charge in [0.2, 0.25) is 0 Å². The van der Waals surface area contributed by atoms with Gasteiger partial charge in [-0.25, -0.2) is 4.98 Å². The Balaban J connectivity index is 1.35. The highest BCUT2D eigenvalue weighted by Gasteiger charge is 2.25. The molecule has 158 valence electrons. The van der Waals surface area contributed by atoms with E-state index < -0.39 is 0 Å². The van der Waals surface area contributed by atoms with Gasteiger partial charge in [-0.1, -0.05) is 29.8 Å². The van der Waals surface area contributed by atoms with Crippen LogP contribution in [0.25, 0.3) is 10.2 Å². The van der Waals surface area contributed by atoms with E-state index in [0.29, 0.717) is 19.1 Å². The molecule has 0 saturated heterocycles. The summed E-state index contributed by atoms with van der Waals surface area (Å²) in [4.78, 5) is 28.8. The van der Waals surface area contributed by atoms with Crippen molar-refractivity contribution < 1.29 is 0 Å². The van der Waals surface area contributed by atoms with Crippen LogP contribution in [-0.4, -0.2) is 25.6 Å². The molecule has 0 bridgehead atoms. The highest BCUT2D eigenvalue weighted by Crippen LogP contribution is 2.33. The Morgan fingerprint density at radius 1 is 1.13 bits per heavy atom. The number of benzene rings is 1. The zero-order chi connectivity index (χ0) is 21.4. The van der Waals surface area contributed by atoms with Crippen molar-refractivity contribution >= 4 is 21.6 Å². The molecule has 1 N–H and O–H groups in total. The van der Waals surface area contributed by atoms with E-state index in [-0.39, 0.29) is 5.56 Å². The first-order chi connectivity index (χ1) is 15.1. The van der Waals surface area contributed by atoms with Crippen LogP contribution in [0.15, 0.2) is 47.8 Å². The second kappa shape index (κ2) is 8.32. The van der Waals surface area contributed by atoms with Crippen molar-refractivity contribution in [1.29, 1.82) is 0 Å². The van der Waals surface area contributed by atoms with Gasteiger partial charge in [0.25, 0.3) is 5.56 Å². The van der Waals surface area contributed by atoms with Gasteiger partial charge in [0, 0.05) is 29.9 Å². The van der Waals surface area contributed by atoms with Gasteiger partial charge in [-0.05, 0) is 44.2 Å². The molecule has 0 spiro atoms. The van der Waals surface area contributed by atoms with E-state index in [4.69, 9.17) is 0 Å². The van der Waals surface area contributed by atoms with Crippen LogP contribution < -0.4 is 10.9 Å². The molecular formula is C24H25N5OS. The Hall–Kier alpha value is -2.90. The number of nitrogens with one attached hydrogen (secondary N) is 1. The van der Waals surface area contributed by atoms with Gasteiger partial charge in [0.15, 0.2) is 0 Å². The van der Waals surface area contributed by atoms with Crippen molar-refractivity contribution in [3.05, 3.63) is 86.3 Å². The topological polar surface area (TPSA) is 72.7 Å². The molecule has 0 saturated carbocycles. The molecule has 1 aromatic carbocycles. The molecular weight excluding hydrogens is 406 g/mol. The Kier molecular flexibility index (Phi) is 5.38. The Bertz CT molecular complexity index is 1270. The maximum atomic E-state index is 13.3. The lowest BCUT2D eigenvalue weighted by Gasteiger charge is -2.23. The van der Waals surface area contributed by atoms with E-state index in [0.717, 1.165) is 46.4 Å². The number of aromatic nitrogens is 4. The molecule has 3 aromatic heterocycles. The maximum Gasteiger partial charge on any atom is 0.262 e. The molecule has 31 heavy (non-hydrogen) atoms. The number of hydrogen-bond acceptors (Lipinski definition) is 6. The van der Waals surface area contributed by atoms with Crippen LogP contribution in [0.5, 0.6) is 0 Å². The average molecular weight is 432 g/mol. The fraction of sp³-hybridized carbons (Fsp3) is 0.333. The maximum absolute atomic E-state index is 13.3. The summed E-state index contributed by atoms with van der Waals surface area (Å²) in [7, 11) is 0. The summed E-state index contributed by atoms with van der Waals surface area (Å²) < 4.78 is 1.74. The largest absolute Gasteiger partial charge is 0.308 e. The molecule has 0 unspecified atom stereocenters. The molecule has 0 fully saturated rings. The summed E-state index contributed by atoms with van der Waals surface area (Å²) in [6.45, 7) is 5.27. The Labute approximate surface area is 185 Å². The average Bonchev–Trinajstić information content (AvgIpc) is 3.15. The molecule has 1 aliphatic carbocycles. The van der Waals surface area contributed by atoms with Gasteiger partial charge in [-0.3, -0.25) is 19.3 Å². The minimum Gasteiger partial charge on any atom is -0.308 e. The van der Waals surface area contributed by atoms with Crippen molar-refractivity contribution in [1.82, 2.24) is 24.8 Å². The molecule has 1 atom stereocenters. The second-order valence-electron chi connectivity index (χ2n) is 8.32. The standard InChI is InChI=1S/C24H25N5OS/c1-15-3-5-17(6-4-15)13-29-14-28-23-22(24(29)30)20-8-7-18(9-21(20)31-23)27-12-19-11-25-16(2)10-26-19/h3-6,10-11,14,18,27H,7-9,12-13H2,1-2H3/t18-/m0/s1. The van der Waals surface area contributed by atoms with Crippen LogP contribution in [0.1, 0.15) is 39.4 Å². The van der Waals surface area contributed by atoms with E-state index >= 15 is 0 Å². The predicted octanol–water partition coefficient (Wildman–Crippen LogP) is 3.56. The molecule has 4 aromatic rings. The van der Waals surface area contributed by atoms with E-state index in [1.165, 1.54) is 16.0 Å². The fourth-order valence-electron chi connectivity index (χ4n) is 4.14. The summed E-state index contributed by atoms with van der Waals surface area (Å²) in [5.41, 5.74) is 5.48. The van der Waals surface area contributed by atoms with Crippen LogP contribution in [0.3, 0.4) is 0 Å². The molecule has 6 nitrogen and oxygen atoms in total. The number of aryl methyl sites for hydroxylation is 3. The van der Waals surface area contributed by atoms with Gasteiger partial charge in [0.1, 0.15) is 4.83 Å². The summed E-state index contributed by atoms with van der Waals surface area (Å²) in [5.74, 6) is 0. The van der Waals surface area contributed by atoms with Crippen molar-refractivity contribution in [2.75, 3.05) is 0 Å². The molecule has 0 radical (unpaired) electrons. The SMILES string of the molecule is Cc1ccc(Cn2cnc3sc4c(c3c2=O)CC[C@H](NCc2cnc(C)cn2)C4)cc1. The first-order valence-corrected chi connectivity index (χ1v) is 11.4. The Morgan fingerprint density at radius 3 is 2.74 bits per heavy atom. The molecule has 0 amide bonds. The lowest BCUT2D eigenvalue weighted by Crippen LogP contribution is -2.34. The summed E-state index contributed by atoms with van der Waals surface area (Å²) >= 11 is 1.67. The first-order valence-electron chi connectivity index (χ1n) is 10.6. The van der Waals surface area contributed by atoms with Crippen molar-refractivity contribution in [2.24, 2.45) is 0 Å². The van der Waals surface area contributed by atoms with Crippen LogP contribution in [0.2, 0.25) is 0 Å². The quantitative estimate of drug-likeness (QED) is 0.523. The molecule has 7 heteroatoms. The first kappa shape index (κ1) is 20.0. The van der Waals surface area contributed by atoms with Gasteiger partial charge in [0.05, 0.1) is 29.6 Å². The molecule has 3 heterocycles. The van der Waals surface area contributed by atoms with Crippen molar-refractivity contribution in [3.63, 3.8) is 0 Å². The predicted molar refractivity (Wildman–Crippen MR) is 124 cm³/mol. The third-order valence-electron chi connectivity index (χ3n) is 5.92. The summed E-state index contributed by atoms with van der Waals surface area (Å²) in [5, 5.41) is 4.42. The second-order valence-corrected chi connectivity index (χ2v) is 9.40. The van der Waals surface area contributed by atoms with Crippen LogP contribution in [-0.2, 0) is 25.9 Å². The van der Waals surface area contributed by atoms with Gasteiger partial charge in [-0.2, -0.15) is 0 Å². The minimum absolute atomic E-state index is 0.0735. The minimum atomic E-state index is 0.0735. The van der Waals surface area contributed by atoms with E-state index in [2.05, 4.69) is 51.5 Å². The highest BCUT2D eigenvalue weighted by molar-refractivity contribution is 7.18. The highest BCUT2D eigenvalue weighted by atomic mass is 32.1. The molecule has 0 aliphatic heterocycles. The third kappa shape index (κ3) is 4.16. The Morgan fingerprint density at radius 2 is 1.97 bits per heavy atom. The number of rotatable bonds is 5. The summed E-state index contributed by atoms with van der Waals surface area (Å²) in [6, 6.07) is 8.67. The number of hydrogen-bond donors (Lipinski definition) is 1. The monoisotopic (exact) mass is 431 g/mol. The lowest BCUT2D eigenvalue weighted by molar-refractivity contribution is 0.459. The smallest absolute Gasteiger partial charge is 0.262 e. The number of thiophene rings is 1. The van der Waals surface area contributed by atoms with Crippen LogP contribution in [0.4, 0.5) is 0 Å². The van der Waals surface area contributed by atoms with Crippen molar-refractivity contribution in [3.8, 4) is 0 Å². The van der Waals surface area contributed by atoms with Crippen LogP contribution >= 0.6 is 11.3 Å². The zero-order valence-corrected chi connectivity index (χ0v) is 18.6. The van der Waals surface area contributed by atoms with Crippen molar-refractivity contribution in [2.45, 2.75) is 52.2 Å². The number of fused-ring (bicyclic) bond motifs is 3. The van der Waals surface area contributed by atoms with Gasteiger partial charge < -0.3 is 5.32 Å². The van der Waals surface area contributed by atoms with Gasteiger partial charge >= 0.3 is 0 Å². The molecule has 1 aliphatic rings. The van der Waals surface area contributed by atoms with E-state index in [9.17, 15) is 4.79 Å². The molecule has 5 rings (SSSR count).